The molecule has 1 amide bonds. The molecule has 2 rings (SSSR count). The molecule has 1 aromatic heterocycles. The number of hydrogen-bond acceptors (Lipinski definition) is 6. The minimum atomic E-state index is -0.598. The maximum absolute atomic E-state index is 12.2. The Hall–Kier alpha value is -2.68. The lowest BCUT2D eigenvalue weighted by atomic mass is 9.92. The molecule has 0 aliphatic carbocycles. The molecule has 9 nitrogen and oxygen atoms in total. The molecule has 0 radical (unpaired) electrons. The molecule has 2 aromatic rings. The van der Waals surface area contributed by atoms with Crippen LogP contribution in [0.15, 0.2) is 27.4 Å². The van der Waals surface area contributed by atoms with Gasteiger partial charge in [-0.05, 0) is 25.3 Å². The SMILES string of the molecule is CCC(CC)(CN)NC(=O)CCCn1c(=O)oc2cc([N+](=O)[O-])ccc21. The number of nitrogens with one attached hydrogen (secondary N) is 1. The van der Waals surface area contributed by atoms with Gasteiger partial charge in [-0.2, -0.15) is 0 Å². The lowest BCUT2D eigenvalue weighted by molar-refractivity contribution is -0.384. The molecular formula is C17H24N4O5. The second-order valence-electron chi connectivity index (χ2n) is 6.27. The van der Waals surface area contributed by atoms with Crippen LogP contribution in [0.2, 0.25) is 0 Å². The van der Waals surface area contributed by atoms with Crippen molar-refractivity contribution in [2.45, 2.75) is 51.6 Å². The zero-order valence-corrected chi connectivity index (χ0v) is 15.0. The molecule has 0 fully saturated rings. The summed E-state index contributed by atoms with van der Waals surface area (Å²) in [7, 11) is 0. The van der Waals surface area contributed by atoms with Gasteiger partial charge in [-0.25, -0.2) is 4.79 Å². The van der Waals surface area contributed by atoms with E-state index < -0.39 is 16.2 Å². The van der Waals surface area contributed by atoms with Gasteiger partial charge in [0.2, 0.25) is 5.91 Å². The second-order valence-corrected chi connectivity index (χ2v) is 6.27. The first-order valence-electron chi connectivity index (χ1n) is 8.64. The van der Waals surface area contributed by atoms with Crippen molar-refractivity contribution in [1.29, 1.82) is 0 Å². The Labute approximate surface area is 150 Å². The fraction of sp³-hybridized carbons (Fsp3) is 0.529. The van der Waals surface area contributed by atoms with Crippen molar-refractivity contribution in [3.05, 3.63) is 38.9 Å². The predicted octanol–water partition coefficient (Wildman–Crippen LogP) is 1.92. The Bertz CT molecular complexity index is 842. The molecule has 0 unspecified atom stereocenters. The molecule has 0 atom stereocenters. The number of amides is 1. The average Bonchev–Trinajstić information content (AvgIpc) is 2.94. The summed E-state index contributed by atoms with van der Waals surface area (Å²) in [5.41, 5.74) is 5.87. The Morgan fingerprint density at radius 2 is 2.08 bits per heavy atom. The molecular weight excluding hydrogens is 340 g/mol. The van der Waals surface area contributed by atoms with Gasteiger partial charge < -0.3 is 15.5 Å². The third-order valence-corrected chi connectivity index (χ3v) is 4.80. The smallest absolute Gasteiger partial charge is 0.407 e. The number of fused-ring (bicyclic) bond motifs is 1. The van der Waals surface area contributed by atoms with Crippen molar-refractivity contribution < 1.29 is 14.1 Å². The topological polar surface area (TPSA) is 133 Å². The zero-order valence-electron chi connectivity index (χ0n) is 15.0. The van der Waals surface area contributed by atoms with Crippen LogP contribution >= 0.6 is 0 Å². The summed E-state index contributed by atoms with van der Waals surface area (Å²) in [5, 5.41) is 13.8. The maximum Gasteiger partial charge on any atom is 0.419 e. The van der Waals surface area contributed by atoms with Gasteiger partial charge in [-0.3, -0.25) is 19.5 Å². The van der Waals surface area contributed by atoms with Gasteiger partial charge in [-0.15, -0.1) is 0 Å². The molecule has 0 saturated heterocycles. The molecule has 0 bridgehead atoms. The number of carbonyl (C=O) groups excluding carboxylic acids is 1. The largest absolute Gasteiger partial charge is 0.419 e. The Kier molecular flexibility index (Phi) is 6.14. The minimum Gasteiger partial charge on any atom is -0.407 e. The van der Waals surface area contributed by atoms with E-state index in [1.807, 2.05) is 13.8 Å². The summed E-state index contributed by atoms with van der Waals surface area (Å²) in [4.78, 5) is 34.4. The van der Waals surface area contributed by atoms with Crippen LogP contribution in [0.1, 0.15) is 39.5 Å². The van der Waals surface area contributed by atoms with E-state index in [1.54, 1.807) is 0 Å². The number of nitrogens with two attached hydrogens (primary N) is 1. The highest BCUT2D eigenvalue weighted by Gasteiger charge is 2.26. The van der Waals surface area contributed by atoms with E-state index in [9.17, 15) is 19.7 Å². The summed E-state index contributed by atoms with van der Waals surface area (Å²) in [5.74, 6) is -0.713. The van der Waals surface area contributed by atoms with E-state index in [0.29, 0.717) is 18.5 Å². The van der Waals surface area contributed by atoms with E-state index in [1.165, 1.54) is 22.8 Å². The van der Waals surface area contributed by atoms with Gasteiger partial charge in [0.15, 0.2) is 5.58 Å². The van der Waals surface area contributed by atoms with Gasteiger partial charge in [0, 0.05) is 25.6 Å². The minimum absolute atomic E-state index is 0.115. The first-order valence-corrected chi connectivity index (χ1v) is 8.64. The summed E-state index contributed by atoms with van der Waals surface area (Å²) < 4.78 is 6.44. The lowest BCUT2D eigenvalue weighted by Crippen LogP contribution is -2.52. The molecule has 0 saturated carbocycles. The van der Waals surface area contributed by atoms with E-state index >= 15 is 0 Å². The number of nitro groups is 1. The van der Waals surface area contributed by atoms with Crippen molar-refractivity contribution in [3.8, 4) is 0 Å². The Balaban J connectivity index is 2.04. The number of oxazole rings is 1. The van der Waals surface area contributed by atoms with Crippen molar-refractivity contribution in [1.82, 2.24) is 9.88 Å². The maximum atomic E-state index is 12.2. The fourth-order valence-corrected chi connectivity index (χ4v) is 2.90. The fourth-order valence-electron chi connectivity index (χ4n) is 2.90. The first-order chi connectivity index (χ1) is 12.4. The molecule has 1 aromatic carbocycles. The molecule has 3 N–H and O–H groups in total. The van der Waals surface area contributed by atoms with Crippen LogP contribution in [-0.4, -0.2) is 27.5 Å². The van der Waals surface area contributed by atoms with E-state index in [4.69, 9.17) is 10.2 Å². The van der Waals surface area contributed by atoms with Crippen LogP contribution in [0.5, 0.6) is 0 Å². The van der Waals surface area contributed by atoms with Crippen molar-refractivity contribution in [3.63, 3.8) is 0 Å². The van der Waals surface area contributed by atoms with Crippen LogP contribution in [0.4, 0.5) is 5.69 Å². The number of rotatable bonds is 9. The molecule has 1 heterocycles. The molecule has 142 valence electrons. The van der Waals surface area contributed by atoms with Crippen molar-refractivity contribution in [2.75, 3.05) is 6.54 Å². The van der Waals surface area contributed by atoms with Gasteiger partial charge in [0.25, 0.3) is 5.69 Å². The number of non-ortho nitro benzene ring substituents is 1. The average molecular weight is 364 g/mol. The van der Waals surface area contributed by atoms with Crippen LogP contribution < -0.4 is 16.8 Å². The molecule has 9 heteroatoms. The summed E-state index contributed by atoms with van der Waals surface area (Å²) in [6.45, 7) is 4.61. The molecule has 26 heavy (non-hydrogen) atoms. The Morgan fingerprint density at radius 1 is 1.38 bits per heavy atom. The molecule has 0 aliphatic heterocycles. The number of aryl methyl sites for hydroxylation is 1. The standard InChI is InChI=1S/C17H24N4O5/c1-3-17(4-2,11-18)19-15(22)6-5-9-20-13-8-7-12(21(24)25)10-14(13)26-16(20)23/h7-8,10H,3-6,9,11,18H2,1-2H3,(H,19,22). The first kappa shape index (κ1) is 19.6. The van der Waals surface area contributed by atoms with Crippen LogP contribution in [0.3, 0.4) is 0 Å². The van der Waals surface area contributed by atoms with E-state index in [-0.39, 0.29) is 30.1 Å². The van der Waals surface area contributed by atoms with Crippen LogP contribution in [-0.2, 0) is 11.3 Å². The number of benzene rings is 1. The van der Waals surface area contributed by atoms with Gasteiger partial charge in [0.05, 0.1) is 22.0 Å². The highest BCUT2D eigenvalue weighted by atomic mass is 16.6. The van der Waals surface area contributed by atoms with Gasteiger partial charge in [-0.1, -0.05) is 13.8 Å². The van der Waals surface area contributed by atoms with E-state index in [0.717, 1.165) is 12.8 Å². The molecule has 0 spiro atoms. The molecule has 0 aliphatic rings. The van der Waals surface area contributed by atoms with Gasteiger partial charge in [0.1, 0.15) is 0 Å². The summed E-state index contributed by atoms with van der Waals surface area (Å²) >= 11 is 0. The summed E-state index contributed by atoms with van der Waals surface area (Å²) in [6.07, 6.45) is 2.17. The summed E-state index contributed by atoms with van der Waals surface area (Å²) in [6, 6.07) is 4.02. The number of nitrogens with zero attached hydrogens (tertiary/aromatic N) is 2. The quantitative estimate of drug-likeness (QED) is 0.516. The normalized spacial score (nSPS) is 11.7. The lowest BCUT2D eigenvalue weighted by Gasteiger charge is -2.31. The predicted molar refractivity (Wildman–Crippen MR) is 96.9 cm³/mol. The third-order valence-electron chi connectivity index (χ3n) is 4.80. The number of nitro benzene ring substituents is 1. The Morgan fingerprint density at radius 3 is 2.65 bits per heavy atom. The monoisotopic (exact) mass is 364 g/mol. The highest BCUT2D eigenvalue weighted by molar-refractivity contribution is 5.77. The van der Waals surface area contributed by atoms with Crippen molar-refractivity contribution in [2.24, 2.45) is 5.73 Å². The highest BCUT2D eigenvalue weighted by Crippen LogP contribution is 2.20. The van der Waals surface area contributed by atoms with Crippen LogP contribution in [0.25, 0.3) is 11.1 Å². The number of aromatic nitrogens is 1. The van der Waals surface area contributed by atoms with E-state index in [2.05, 4.69) is 5.32 Å². The van der Waals surface area contributed by atoms with Gasteiger partial charge >= 0.3 is 5.76 Å². The zero-order chi connectivity index (χ0) is 19.3. The van der Waals surface area contributed by atoms with Crippen LogP contribution in [0, 0.1) is 10.1 Å². The third kappa shape index (κ3) is 4.10. The number of hydrogen-bond donors (Lipinski definition) is 2. The van der Waals surface area contributed by atoms with Crippen molar-refractivity contribution >= 4 is 22.7 Å². The second kappa shape index (κ2) is 8.13. The number of carbonyl (C=O) groups is 1.